The summed E-state index contributed by atoms with van der Waals surface area (Å²) in [6.45, 7) is 4.28. The first-order chi connectivity index (χ1) is 7.65. The third-order valence-electron chi connectivity index (χ3n) is 2.32. The number of hydrogen-bond donors (Lipinski definition) is 3. The van der Waals surface area contributed by atoms with Crippen molar-refractivity contribution in [2.24, 2.45) is 0 Å². The van der Waals surface area contributed by atoms with Crippen molar-refractivity contribution in [3.8, 4) is 0 Å². The molecule has 94 valence electrons. The van der Waals surface area contributed by atoms with Gasteiger partial charge in [-0.3, -0.25) is 9.59 Å². The van der Waals surface area contributed by atoms with Crippen molar-refractivity contribution in [3.05, 3.63) is 0 Å². The Morgan fingerprint density at radius 3 is 2.38 bits per heavy atom. The molecule has 0 aromatic carbocycles. The molecule has 1 atom stereocenters. The summed E-state index contributed by atoms with van der Waals surface area (Å²) in [6, 6.07) is -0.339. The summed E-state index contributed by atoms with van der Waals surface area (Å²) in [4.78, 5) is 22.6. The maximum Gasteiger partial charge on any atom is 0.309 e. The minimum atomic E-state index is -0.669. The van der Waals surface area contributed by atoms with Crippen molar-refractivity contribution in [1.82, 2.24) is 10.6 Å². The molecule has 0 unspecified atom stereocenters. The second kappa shape index (κ2) is 9.15. The van der Waals surface area contributed by atoms with E-state index in [0.717, 1.165) is 19.3 Å². The first-order valence-corrected chi connectivity index (χ1v) is 5.85. The lowest BCUT2D eigenvalue weighted by Crippen LogP contribution is -2.45. The Bertz CT molecular complexity index is 215. The van der Waals surface area contributed by atoms with Crippen molar-refractivity contribution in [2.45, 2.75) is 45.6 Å². The smallest absolute Gasteiger partial charge is 0.309 e. The Hall–Kier alpha value is -1.10. The van der Waals surface area contributed by atoms with Crippen LogP contribution in [0.25, 0.3) is 0 Å². The van der Waals surface area contributed by atoms with Gasteiger partial charge in [0.2, 0.25) is 0 Å². The Balaban J connectivity index is 3.77. The highest BCUT2D eigenvalue weighted by atomic mass is 16.3. The molecule has 0 aromatic rings. The predicted molar refractivity (Wildman–Crippen MR) is 61.8 cm³/mol. The number of carbonyl (C=O) groups excluding carboxylic acids is 2. The molecule has 0 aromatic heterocycles. The van der Waals surface area contributed by atoms with E-state index in [2.05, 4.69) is 17.6 Å². The Morgan fingerprint density at radius 2 is 1.88 bits per heavy atom. The van der Waals surface area contributed by atoms with E-state index in [4.69, 9.17) is 5.11 Å². The molecule has 0 saturated carbocycles. The molecule has 0 saturated heterocycles. The van der Waals surface area contributed by atoms with Crippen LogP contribution in [-0.2, 0) is 9.59 Å². The highest BCUT2D eigenvalue weighted by molar-refractivity contribution is 6.35. The molecular formula is C11H22N2O3. The second-order valence-electron chi connectivity index (χ2n) is 3.72. The van der Waals surface area contributed by atoms with Crippen molar-refractivity contribution in [2.75, 3.05) is 13.2 Å². The first kappa shape index (κ1) is 14.9. The van der Waals surface area contributed by atoms with Crippen LogP contribution in [0.5, 0.6) is 0 Å². The van der Waals surface area contributed by atoms with Gasteiger partial charge in [0.05, 0.1) is 12.6 Å². The summed E-state index contributed by atoms with van der Waals surface area (Å²) >= 11 is 0. The zero-order chi connectivity index (χ0) is 12.4. The number of nitrogens with one attached hydrogen (secondary N) is 2. The van der Waals surface area contributed by atoms with Crippen molar-refractivity contribution in [1.29, 1.82) is 0 Å². The average Bonchev–Trinajstić information content (AvgIpc) is 2.30. The molecule has 0 rings (SSSR count). The zero-order valence-corrected chi connectivity index (χ0v) is 10.1. The molecule has 3 N–H and O–H groups in total. The van der Waals surface area contributed by atoms with Gasteiger partial charge in [0, 0.05) is 6.54 Å². The van der Waals surface area contributed by atoms with Crippen LogP contribution in [-0.4, -0.2) is 36.1 Å². The maximum atomic E-state index is 11.3. The topological polar surface area (TPSA) is 78.4 Å². The molecule has 0 aliphatic carbocycles. The molecule has 0 aliphatic rings. The summed E-state index contributed by atoms with van der Waals surface area (Å²) < 4.78 is 0. The number of unbranched alkanes of at least 4 members (excludes halogenated alkanes) is 2. The van der Waals surface area contributed by atoms with Crippen molar-refractivity contribution in [3.63, 3.8) is 0 Å². The minimum Gasteiger partial charge on any atom is -0.394 e. The van der Waals surface area contributed by atoms with Gasteiger partial charge in [-0.05, 0) is 12.8 Å². The van der Waals surface area contributed by atoms with Crippen LogP contribution >= 0.6 is 0 Å². The maximum absolute atomic E-state index is 11.3. The van der Waals surface area contributed by atoms with Gasteiger partial charge in [-0.2, -0.15) is 0 Å². The third-order valence-corrected chi connectivity index (χ3v) is 2.32. The molecule has 0 heterocycles. The number of carbonyl (C=O) groups is 2. The molecule has 0 spiro atoms. The SMILES string of the molecule is CCCCCNC(=O)C(=O)N[C@H](CC)CO. The first-order valence-electron chi connectivity index (χ1n) is 5.85. The molecule has 2 amide bonds. The van der Waals surface area contributed by atoms with Gasteiger partial charge < -0.3 is 15.7 Å². The van der Waals surface area contributed by atoms with E-state index in [9.17, 15) is 9.59 Å². The molecular weight excluding hydrogens is 208 g/mol. The second-order valence-corrected chi connectivity index (χ2v) is 3.72. The van der Waals surface area contributed by atoms with Crippen LogP contribution in [0.1, 0.15) is 39.5 Å². The van der Waals surface area contributed by atoms with Crippen molar-refractivity contribution < 1.29 is 14.7 Å². The molecule has 0 bridgehead atoms. The van der Waals surface area contributed by atoms with Crippen LogP contribution in [0, 0.1) is 0 Å². The van der Waals surface area contributed by atoms with Gasteiger partial charge in [-0.15, -0.1) is 0 Å². The highest BCUT2D eigenvalue weighted by Gasteiger charge is 2.16. The summed E-state index contributed by atoms with van der Waals surface area (Å²) in [7, 11) is 0. The van der Waals surface area contributed by atoms with Crippen LogP contribution < -0.4 is 10.6 Å². The monoisotopic (exact) mass is 230 g/mol. The van der Waals surface area contributed by atoms with E-state index >= 15 is 0 Å². The lowest BCUT2D eigenvalue weighted by atomic mass is 10.2. The van der Waals surface area contributed by atoms with E-state index < -0.39 is 11.8 Å². The Kier molecular flexibility index (Phi) is 8.52. The fraction of sp³-hybridized carbons (Fsp3) is 0.818. The van der Waals surface area contributed by atoms with E-state index in [1.54, 1.807) is 0 Å². The summed E-state index contributed by atoms with van der Waals surface area (Å²) in [6.07, 6.45) is 3.60. The molecule has 5 nitrogen and oxygen atoms in total. The van der Waals surface area contributed by atoms with Crippen LogP contribution in [0.3, 0.4) is 0 Å². The summed E-state index contributed by atoms with van der Waals surface area (Å²) in [5.74, 6) is -1.29. The third kappa shape index (κ3) is 6.40. The molecule has 0 fully saturated rings. The van der Waals surface area contributed by atoms with Crippen LogP contribution in [0.4, 0.5) is 0 Å². The summed E-state index contributed by atoms with van der Waals surface area (Å²) in [5.41, 5.74) is 0. The normalized spacial score (nSPS) is 11.9. The number of hydrogen-bond acceptors (Lipinski definition) is 3. The van der Waals surface area contributed by atoms with Gasteiger partial charge in [-0.25, -0.2) is 0 Å². The standard InChI is InChI=1S/C11H22N2O3/c1-3-5-6-7-12-10(15)11(16)13-9(4-2)8-14/h9,14H,3-8H2,1-2H3,(H,12,15)(H,13,16)/t9-/m1/s1. The fourth-order valence-electron chi connectivity index (χ4n) is 1.18. The predicted octanol–water partition coefficient (Wildman–Crippen LogP) is 0.180. The Morgan fingerprint density at radius 1 is 1.19 bits per heavy atom. The van der Waals surface area contributed by atoms with Gasteiger partial charge in [0.1, 0.15) is 0 Å². The van der Waals surface area contributed by atoms with Crippen molar-refractivity contribution >= 4 is 11.8 Å². The van der Waals surface area contributed by atoms with Crippen LogP contribution in [0.2, 0.25) is 0 Å². The van der Waals surface area contributed by atoms with E-state index in [0.29, 0.717) is 13.0 Å². The molecule has 0 aliphatic heterocycles. The number of aliphatic hydroxyl groups is 1. The molecule has 5 heteroatoms. The van der Waals surface area contributed by atoms with Gasteiger partial charge in [0.25, 0.3) is 0 Å². The summed E-state index contributed by atoms with van der Waals surface area (Å²) in [5, 5.41) is 13.9. The molecule has 16 heavy (non-hydrogen) atoms. The quantitative estimate of drug-likeness (QED) is 0.431. The Labute approximate surface area is 96.6 Å². The van der Waals surface area contributed by atoms with E-state index in [-0.39, 0.29) is 12.6 Å². The lowest BCUT2D eigenvalue weighted by Gasteiger charge is -2.13. The average molecular weight is 230 g/mol. The van der Waals surface area contributed by atoms with Crippen LogP contribution in [0.15, 0.2) is 0 Å². The largest absolute Gasteiger partial charge is 0.394 e. The van der Waals surface area contributed by atoms with E-state index in [1.807, 2.05) is 6.92 Å². The van der Waals surface area contributed by atoms with Gasteiger partial charge in [0.15, 0.2) is 0 Å². The highest BCUT2D eigenvalue weighted by Crippen LogP contribution is 1.91. The number of rotatable bonds is 7. The fourth-order valence-corrected chi connectivity index (χ4v) is 1.18. The number of aliphatic hydroxyl groups excluding tert-OH is 1. The van der Waals surface area contributed by atoms with E-state index in [1.165, 1.54) is 0 Å². The minimum absolute atomic E-state index is 0.147. The molecule has 0 radical (unpaired) electrons. The zero-order valence-electron chi connectivity index (χ0n) is 10.1. The number of amides is 2. The van der Waals surface area contributed by atoms with Gasteiger partial charge >= 0.3 is 11.8 Å². The lowest BCUT2D eigenvalue weighted by molar-refractivity contribution is -0.139. The van der Waals surface area contributed by atoms with Gasteiger partial charge in [-0.1, -0.05) is 26.7 Å².